The summed E-state index contributed by atoms with van der Waals surface area (Å²) in [5.74, 6) is 0.719. The number of nitriles is 1. The van der Waals surface area contributed by atoms with Gasteiger partial charge in [0.25, 0.3) is 0 Å². The topological polar surface area (TPSA) is 52.5 Å². The molecule has 15 heavy (non-hydrogen) atoms. The van der Waals surface area contributed by atoms with Gasteiger partial charge in [-0.1, -0.05) is 24.3 Å². The standard InChI is InChI=1S/C11H8BrN3/c1-7-4-2-3-5-8(7)11-14-9(6-13)10(12)15-11/h2-5H,1H3,(H,14,15). The molecule has 2 rings (SSSR count). The van der Waals surface area contributed by atoms with Gasteiger partial charge in [0.05, 0.1) is 0 Å². The quantitative estimate of drug-likeness (QED) is 0.858. The molecule has 0 amide bonds. The van der Waals surface area contributed by atoms with Gasteiger partial charge in [-0.3, -0.25) is 0 Å². The van der Waals surface area contributed by atoms with Crippen LogP contribution in [-0.4, -0.2) is 9.97 Å². The maximum atomic E-state index is 8.79. The number of benzene rings is 1. The van der Waals surface area contributed by atoms with E-state index in [-0.39, 0.29) is 0 Å². The molecule has 1 N–H and O–H groups in total. The SMILES string of the molecule is Cc1ccccc1-c1nc(C#N)c(Br)[nH]1. The largest absolute Gasteiger partial charge is 0.332 e. The summed E-state index contributed by atoms with van der Waals surface area (Å²) in [5, 5.41) is 8.79. The monoisotopic (exact) mass is 261 g/mol. The number of hydrogen-bond donors (Lipinski definition) is 1. The van der Waals surface area contributed by atoms with Gasteiger partial charge >= 0.3 is 0 Å². The third-order valence-corrected chi connectivity index (χ3v) is 2.74. The number of hydrogen-bond acceptors (Lipinski definition) is 2. The first kappa shape index (κ1) is 9.94. The molecule has 0 bridgehead atoms. The van der Waals surface area contributed by atoms with Crippen molar-refractivity contribution in [1.82, 2.24) is 9.97 Å². The van der Waals surface area contributed by atoms with E-state index in [0.717, 1.165) is 17.0 Å². The number of H-pyrrole nitrogens is 1. The molecular formula is C11H8BrN3. The lowest BCUT2D eigenvalue weighted by Crippen LogP contribution is -1.84. The summed E-state index contributed by atoms with van der Waals surface area (Å²) in [5.41, 5.74) is 2.52. The van der Waals surface area contributed by atoms with Gasteiger partial charge < -0.3 is 4.98 Å². The van der Waals surface area contributed by atoms with Crippen LogP contribution in [0, 0.1) is 18.3 Å². The molecule has 0 aliphatic rings. The molecular weight excluding hydrogens is 254 g/mol. The van der Waals surface area contributed by atoms with E-state index in [0.29, 0.717) is 10.3 Å². The Morgan fingerprint density at radius 3 is 2.73 bits per heavy atom. The molecule has 0 saturated carbocycles. The van der Waals surface area contributed by atoms with Crippen molar-refractivity contribution >= 4 is 15.9 Å². The van der Waals surface area contributed by atoms with Crippen molar-refractivity contribution in [3.05, 3.63) is 40.1 Å². The summed E-state index contributed by atoms with van der Waals surface area (Å²) in [6, 6.07) is 9.92. The maximum Gasteiger partial charge on any atom is 0.173 e. The Labute approximate surface area is 95.9 Å². The Balaban J connectivity index is 2.56. The molecule has 0 aliphatic heterocycles. The zero-order valence-electron chi connectivity index (χ0n) is 8.08. The Kier molecular flexibility index (Phi) is 2.57. The van der Waals surface area contributed by atoms with Gasteiger partial charge in [-0.25, -0.2) is 4.98 Å². The highest BCUT2D eigenvalue weighted by Crippen LogP contribution is 2.23. The maximum absolute atomic E-state index is 8.79. The Hall–Kier alpha value is -1.60. The average molecular weight is 262 g/mol. The van der Waals surface area contributed by atoms with Gasteiger partial charge in [-0.15, -0.1) is 0 Å². The molecule has 0 radical (unpaired) electrons. The summed E-state index contributed by atoms with van der Waals surface area (Å²) in [6.07, 6.45) is 0. The fourth-order valence-electron chi connectivity index (χ4n) is 1.39. The molecule has 3 nitrogen and oxygen atoms in total. The Morgan fingerprint density at radius 1 is 1.40 bits per heavy atom. The molecule has 0 atom stereocenters. The van der Waals surface area contributed by atoms with E-state index < -0.39 is 0 Å². The Morgan fingerprint density at radius 2 is 2.13 bits per heavy atom. The van der Waals surface area contributed by atoms with Crippen LogP contribution in [0.5, 0.6) is 0 Å². The summed E-state index contributed by atoms with van der Waals surface area (Å²) in [6.45, 7) is 2.01. The van der Waals surface area contributed by atoms with E-state index in [1.807, 2.05) is 37.3 Å². The zero-order chi connectivity index (χ0) is 10.8. The number of rotatable bonds is 1. The molecule has 1 aromatic carbocycles. The number of halogens is 1. The molecule has 0 spiro atoms. The highest BCUT2D eigenvalue weighted by Gasteiger charge is 2.09. The molecule has 74 valence electrons. The molecule has 1 aromatic heterocycles. The van der Waals surface area contributed by atoms with E-state index in [9.17, 15) is 0 Å². The summed E-state index contributed by atoms with van der Waals surface area (Å²) in [7, 11) is 0. The van der Waals surface area contributed by atoms with Crippen molar-refractivity contribution < 1.29 is 0 Å². The van der Waals surface area contributed by atoms with Crippen LogP contribution in [0.25, 0.3) is 11.4 Å². The number of nitrogens with zero attached hydrogens (tertiary/aromatic N) is 2. The van der Waals surface area contributed by atoms with Gasteiger partial charge in [-0.05, 0) is 28.4 Å². The van der Waals surface area contributed by atoms with E-state index >= 15 is 0 Å². The fraction of sp³-hybridized carbons (Fsp3) is 0.0909. The number of aryl methyl sites for hydroxylation is 1. The van der Waals surface area contributed by atoms with Crippen molar-refractivity contribution in [1.29, 1.82) is 5.26 Å². The van der Waals surface area contributed by atoms with Crippen LogP contribution in [0.3, 0.4) is 0 Å². The van der Waals surface area contributed by atoms with Crippen molar-refractivity contribution in [2.75, 3.05) is 0 Å². The third kappa shape index (κ3) is 1.79. The molecule has 0 aliphatic carbocycles. The second kappa shape index (κ2) is 3.87. The van der Waals surface area contributed by atoms with Crippen molar-refractivity contribution in [3.8, 4) is 17.5 Å². The lowest BCUT2D eigenvalue weighted by Gasteiger charge is -2.00. The van der Waals surface area contributed by atoms with Crippen molar-refractivity contribution in [2.45, 2.75) is 6.92 Å². The Bertz CT molecular complexity index is 537. The third-order valence-electron chi connectivity index (χ3n) is 2.17. The van der Waals surface area contributed by atoms with E-state index in [4.69, 9.17) is 5.26 Å². The first-order chi connectivity index (χ1) is 7.22. The van der Waals surface area contributed by atoms with E-state index in [1.165, 1.54) is 0 Å². The van der Waals surface area contributed by atoms with Gasteiger partial charge in [0.15, 0.2) is 5.69 Å². The number of aromatic amines is 1. The first-order valence-electron chi connectivity index (χ1n) is 4.44. The highest BCUT2D eigenvalue weighted by atomic mass is 79.9. The smallest absolute Gasteiger partial charge is 0.173 e. The van der Waals surface area contributed by atoms with Crippen LogP contribution < -0.4 is 0 Å². The fourth-order valence-corrected chi connectivity index (χ4v) is 1.76. The molecule has 1 heterocycles. The molecule has 4 heteroatoms. The summed E-state index contributed by atoms with van der Waals surface area (Å²) >= 11 is 3.26. The number of imidazole rings is 1. The van der Waals surface area contributed by atoms with Crippen LogP contribution >= 0.6 is 15.9 Å². The van der Waals surface area contributed by atoms with Crippen LogP contribution in [0.1, 0.15) is 11.3 Å². The molecule has 0 unspecified atom stereocenters. The predicted octanol–water partition coefficient (Wildman–Crippen LogP) is 3.02. The lowest BCUT2D eigenvalue weighted by atomic mass is 10.1. The molecule has 0 fully saturated rings. The normalized spacial score (nSPS) is 9.93. The minimum atomic E-state index is 0.383. The van der Waals surface area contributed by atoms with Crippen molar-refractivity contribution in [2.24, 2.45) is 0 Å². The van der Waals surface area contributed by atoms with Gasteiger partial charge in [-0.2, -0.15) is 5.26 Å². The minimum Gasteiger partial charge on any atom is -0.332 e. The molecule has 0 saturated heterocycles. The predicted molar refractivity (Wildman–Crippen MR) is 61.2 cm³/mol. The first-order valence-corrected chi connectivity index (χ1v) is 5.23. The van der Waals surface area contributed by atoms with Crippen LogP contribution in [0.2, 0.25) is 0 Å². The molecule has 2 aromatic rings. The zero-order valence-corrected chi connectivity index (χ0v) is 9.67. The van der Waals surface area contributed by atoms with Crippen LogP contribution in [-0.2, 0) is 0 Å². The average Bonchev–Trinajstić information content (AvgIpc) is 2.60. The van der Waals surface area contributed by atoms with Crippen LogP contribution in [0.4, 0.5) is 0 Å². The van der Waals surface area contributed by atoms with Gasteiger partial charge in [0.2, 0.25) is 0 Å². The van der Waals surface area contributed by atoms with Crippen molar-refractivity contribution in [3.63, 3.8) is 0 Å². The number of nitrogens with one attached hydrogen (secondary N) is 1. The second-order valence-corrected chi connectivity index (χ2v) is 3.97. The van der Waals surface area contributed by atoms with E-state index in [2.05, 4.69) is 25.9 Å². The van der Waals surface area contributed by atoms with E-state index in [1.54, 1.807) is 0 Å². The van der Waals surface area contributed by atoms with Crippen LogP contribution in [0.15, 0.2) is 28.9 Å². The minimum absolute atomic E-state index is 0.383. The van der Waals surface area contributed by atoms with Gasteiger partial charge in [0, 0.05) is 5.56 Å². The lowest BCUT2D eigenvalue weighted by molar-refractivity contribution is 1.27. The summed E-state index contributed by atoms with van der Waals surface area (Å²) < 4.78 is 0.628. The second-order valence-electron chi connectivity index (χ2n) is 3.17. The summed E-state index contributed by atoms with van der Waals surface area (Å²) in [4.78, 5) is 7.23. The number of aromatic nitrogens is 2. The van der Waals surface area contributed by atoms with Gasteiger partial charge in [0.1, 0.15) is 16.5 Å². The highest BCUT2D eigenvalue weighted by molar-refractivity contribution is 9.10.